The van der Waals surface area contributed by atoms with Gasteiger partial charge in [0.15, 0.2) is 5.96 Å². The number of aryl methyl sites for hydroxylation is 1. The number of nitrogens with one attached hydrogen (secondary N) is 1. The average Bonchev–Trinajstić information content (AvgIpc) is 3.41. The maximum absolute atomic E-state index is 5.78. The van der Waals surface area contributed by atoms with Gasteiger partial charge in [-0.3, -0.25) is 4.99 Å². The Hall–Kier alpha value is -0.820. The molecule has 0 bridgehead atoms. The van der Waals surface area contributed by atoms with Crippen LogP contribution in [0.5, 0.6) is 0 Å². The van der Waals surface area contributed by atoms with Crippen molar-refractivity contribution < 1.29 is 4.74 Å². The Morgan fingerprint density at radius 1 is 1.23 bits per heavy atom. The highest BCUT2D eigenvalue weighted by atomic mass is 127. The first-order valence-electron chi connectivity index (χ1n) is 9.89. The van der Waals surface area contributed by atoms with Gasteiger partial charge in [-0.25, -0.2) is 0 Å². The number of rotatable bonds is 6. The minimum atomic E-state index is 0. The van der Waals surface area contributed by atoms with E-state index in [1.165, 1.54) is 24.0 Å². The van der Waals surface area contributed by atoms with E-state index in [1.807, 2.05) is 0 Å². The zero-order valence-electron chi connectivity index (χ0n) is 16.5. The zero-order chi connectivity index (χ0) is 17.7. The van der Waals surface area contributed by atoms with Gasteiger partial charge in [-0.05, 0) is 57.6 Å². The number of hydrogen-bond donors (Lipinski definition) is 1. The SMILES string of the molecule is CCNC(=NCC1(c2ccccc2C)CC1)N1CCC(OCC)CC1.I. The van der Waals surface area contributed by atoms with Gasteiger partial charge in [-0.2, -0.15) is 0 Å². The molecule has 1 saturated heterocycles. The molecule has 0 amide bonds. The number of benzene rings is 1. The third-order valence-electron chi connectivity index (χ3n) is 5.58. The standard InChI is InChI=1S/C21H33N3O.HI/c1-4-22-20(24-14-10-18(11-15-24)25-5-2)23-16-21(12-13-21)19-9-7-6-8-17(19)3;/h6-9,18H,4-5,10-16H2,1-3H3,(H,22,23);1H. The number of nitrogens with zero attached hydrogens (tertiary/aromatic N) is 2. The molecule has 4 nitrogen and oxygen atoms in total. The molecule has 1 aromatic carbocycles. The molecule has 1 N–H and O–H groups in total. The lowest BCUT2D eigenvalue weighted by atomic mass is 9.92. The van der Waals surface area contributed by atoms with Crippen LogP contribution in [0.3, 0.4) is 0 Å². The molecular formula is C21H34IN3O. The first kappa shape index (κ1) is 21.5. The van der Waals surface area contributed by atoms with Crippen LogP contribution in [0.4, 0.5) is 0 Å². The van der Waals surface area contributed by atoms with Crippen molar-refractivity contribution in [3.63, 3.8) is 0 Å². The van der Waals surface area contributed by atoms with Crippen molar-refractivity contribution in [1.82, 2.24) is 10.2 Å². The van der Waals surface area contributed by atoms with Crippen LogP contribution >= 0.6 is 24.0 Å². The lowest BCUT2D eigenvalue weighted by molar-refractivity contribution is 0.0263. The van der Waals surface area contributed by atoms with E-state index in [-0.39, 0.29) is 29.4 Å². The smallest absolute Gasteiger partial charge is 0.193 e. The van der Waals surface area contributed by atoms with Crippen molar-refractivity contribution in [3.8, 4) is 0 Å². The molecule has 2 fully saturated rings. The summed E-state index contributed by atoms with van der Waals surface area (Å²) in [6.45, 7) is 11.2. The summed E-state index contributed by atoms with van der Waals surface area (Å²) in [5.74, 6) is 1.08. The van der Waals surface area contributed by atoms with Gasteiger partial charge in [0, 0.05) is 31.7 Å². The third-order valence-corrected chi connectivity index (χ3v) is 5.58. The van der Waals surface area contributed by atoms with Crippen LogP contribution < -0.4 is 5.32 Å². The van der Waals surface area contributed by atoms with Gasteiger partial charge < -0.3 is 15.0 Å². The third kappa shape index (κ3) is 5.12. The van der Waals surface area contributed by atoms with Crippen LogP contribution in [0.2, 0.25) is 0 Å². The molecule has 1 aliphatic carbocycles. The fourth-order valence-corrected chi connectivity index (χ4v) is 3.95. The van der Waals surface area contributed by atoms with Crippen molar-refractivity contribution in [2.75, 3.05) is 32.8 Å². The maximum Gasteiger partial charge on any atom is 0.193 e. The van der Waals surface area contributed by atoms with E-state index in [4.69, 9.17) is 9.73 Å². The van der Waals surface area contributed by atoms with E-state index >= 15 is 0 Å². The summed E-state index contributed by atoms with van der Waals surface area (Å²) in [6, 6.07) is 8.81. The average molecular weight is 471 g/mol. The highest BCUT2D eigenvalue weighted by molar-refractivity contribution is 14.0. The quantitative estimate of drug-likeness (QED) is 0.386. The molecule has 1 heterocycles. The predicted molar refractivity (Wildman–Crippen MR) is 120 cm³/mol. The van der Waals surface area contributed by atoms with Crippen molar-refractivity contribution in [3.05, 3.63) is 35.4 Å². The number of ether oxygens (including phenoxy) is 1. The molecule has 0 atom stereocenters. The number of likely N-dealkylation sites (tertiary alicyclic amines) is 1. The lowest BCUT2D eigenvalue weighted by Crippen LogP contribution is -2.47. The van der Waals surface area contributed by atoms with Crippen LogP contribution in [0.25, 0.3) is 0 Å². The minimum Gasteiger partial charge on any atom is -0.378 e. The summed E-state index contributed by atoms with van der Waals surface area (Å²) in [7, 11) is 0. The first-order valence-corrected chi connectivity index (χ1v) is 9.89. The van der Waals surface area contributed by atoms with Crippen molar-refractivity contribution >= 4 is 29.9 Å². The molecular weight excluding hydrogens is 437 g/mol. The van der Waals surface area contributed by atoms with Crippen LogP contribution in [0.15, 0.2) is 29.3 Å². The molecule has 5 heteroatoms. The second-order valence-electron chi connectivity index (χ2n) is 7.41. The van der Waals surface area contributed by atoms with E-state index in [2.05, 4.69) is 55.3 Å². The van der Waals surface area contributed by atoms with Gasteiger partial charge >= 0.3 is 0 Å². The number of guanidine groups is 1. The Morgan fingerprint density at radius 3 is 2.50 bits per heavy atom. The van der Waals surface area contributed by atoms with Gasteiger partial charge in [-0.15, -0.1) is 24.0 Å². The fourth-order valence-electron chi connectivity index (χ4n) is 3.95. The Balaban J connectivity index is 0.00000243. The molecule has 26 heavy (non-hydrogen) atoms. The molecule has 0 unspecified atom stereocenters. The Kier molecular flexibility index (Phi) is 8.20. The highest BCUT2D eigenvalue weighted by Crippen LogP contribution is 2.49. The van der Waals surface area contributed by atoms with Crippen molar-refractivity contribution in [1.29, 1.82) is 0 Å². The van der Waals surface area contributed by atoms with Gasteiger partial charge in [0.25, 0.3) is 0 Å². The number of piperidine rings is 1. The predicted octanol–water partition coefficient (Wildman–Crippen LogP) is 4.11. The molecule has 0 radical (unpaired) electrons. The summed E-state index contributed by atoms with van der Waals surface area (Å²) in [5.41, 5.74) is 3.16. The van der Waals surface area contributed by atoms with Gasteiger partial charge in [0.2, 0.25) is 0 Å². The van der Waals surface area contributed by atoms with E-state index in [0.717, 1.165) is 51.6 Å². The molecule has 1 aliphatic heterocycles. The van der Waals surface area contributed by atoms with Crippen LogP contribution in [0, 0.1) is 6.92 Å². The number of halogens is 1. The van der Waals surface area contributed by atoms with Gasteiger partial charge in [0.05, 0.1) is 12.6 Å². The summed E-state index contributed by atoms with van der Waals surface area (Å²) in [5, 5.41) is 3.50. The Labute approximate surface area is 175 Å². The minimum absolute atomic E-state index is 0. The molecule has 1 aromatic rings. The lowest BCUT2D eigenvalue weighted by Gasteiger charge is -2.34. The molecule has 0 spiro atoms. The zero-order valence-corrected chi connectivity index (χ0v) is 18.8. The molecule has 1 saturated carbocycles. The second kappa shape index (κ2) is 9.93. The summed E-state index contributed by atoms with van der Waals surface area (Å²) < 4.78 is 5.78. The number of aliphatic imine (C=N–C) groups is 1. The molecule has 146 valence electrons. The van der Waals surface area contributed by atoms with Crippen molar-refractivity contribution in [2.45, 2.75) is 58.0 Å². The topological polar surface area (TPSA) is 36.9 Å². The molecule has 0 aromatic heterocycles. The normalized spacial score (nSPS) is 19.8. The highest BCUT2D eigenvalue weighted by Gasteiger charge is 2.45. The van der Waals surface area contributed by atoms with Gasteiger partial charge in [0.1, 0.15) is 0 Å². The summed E-state index contributed by atoms with van der Waals surface area (Å²) in [4.78, 5) is 7.46. The van der Waals surface area contributed by atoms with Crippen LogP contribution in [-0.4, -0.2) is 49.7 Å². The fraction of sp³-hybridized carbons (Fsp3) is 0.667. The van der Waals surface area contributed by atoms with Crippen LogP contribution in [-0.2, 0) is 10.2 Å². The number of hydrogen-bond acceptors (Lipinski definition) is 2. The molecule has 3 rings (SSSR count). The first-order chi connectivity index (χ1) is 12.2. The van der Waals surface area contributed by atoms with E-state index in [9.17, 15) is 0 Å². The largest absolute Gasteiger partial charge is 0.378 e. The maximum atomic E-state index is 5.78. The summed E-state index contributed by atoms with van der Waals surface area (Å²) >= 11 is 0. The van der Waals surface area contributed by atoms with Crippen molar-refractivity contribution in [2.24, 2.45) is 4.99 Å². The van der Waals surface area contributed by atoms with Gasteiger partial charge in [-0.1, -0.05) is 24.3 Å². The second-order valence-corrected chi connectivity index (χ2v) is 7.41. The van der Waals surface area contributed by atoms with E-state index in [0.29, 0.717) is 6.10 Å². The summed E-state index contributed by atoms with van der Waals surface area (Å²) in [6.07, 6.45) is 5.13. The monoisotopic (exact) mass is 471 g/mol. The molecule has 2 aliphatic rings. The Bertz CT molecular complexity index is 593. The van der Waals surface area contributed by atoms with E-state index in [1.54, 1.807) is 0 Å². The van der Waals surface area contributed by atoms with E-state index < -0.39 is 0 Å². The Morgan fingerprint density at radius 2 is 1.92 bits per heavy atom. The van der Waals surface area contributed by atoms with Crippen LogP contribution in [0.1, 0.15) is 50.7 Å².